The van der Waals surface area contributed by atoms with E-state index in [0.717, 1.165) is 21.9 Å². The third-order valence-electron chi connectivity index (χ3n) is 3.18. The summed E-state index contributed by atoms with van der Waals surface area (Å²) in [4.78, 5) is 12.9. The molecule has 0 atom stereocenters. The fraction of sp³-hybridized carbons (Fsp3) is 0.308. The van der Waals surface area contributed by atoms with Gasteiger partial charge in [-0.25, -0.2) is 13.6 Å². The van der Waals surface area contributed by atoms with Gasteiger partial charge in [-0.05, 0) is 37.6 Å². The minimum atomic E-state index is -3.64. The largest absolute Gasteiger partial charge is 0.350 e. The van der Waals surface area contributed by atoms with Crippen LogP contribution in [-0.4, -0.2) is 25.4 Å². The number of rotatable bonds is 5. The molecule has 0 fully saturated rings. The minimum absolute atomic E-state index is 0.141. The predicted molar refractivity (Wildman–Crippen MR) is 81.9 cm³/mol. The van der Waals surface area contributed by atoms with Crippen molar-refractivity contribution in [2.75, 3.05) is 6.54 Å². The number of carbonyl (C=O) groups is 1. The van der Waals surface area contributed by atoms with E-state index in [2.05, 4.69) is 5.32 Å². The highest BCUT2D eigenvalue weighted by molar-refractivity contribution is 7.91. The van der Waals surface area contributed by atoms with Gasteiger partial charge in [-0.1, -0.05) is 0 Å². The van der Waals surface area contributed by atoms with Crippen LogP contribution in [0.1, 0.15) is 21.1 Å². The summed E-state index contributed by atoms with van der Waals surface area (Å²) in [5.74, 6) is -0.145. The van der Waals surface area contributed by atoms with Gasteiger partial charge in [0.2, 0.25) is 10.0 Å². The monoisotopic (exact) mass is 327 g/mol. The summed E-state index contributed by atoms with van der Waals surface area (Å²) >= 11 is 1.13. The zero-order valence-electron chi connectivity index (χ0n) is 11.8. The molecule has 2 heterocycles. The summed E-state index contributed by atoms with van der Waals surface area (Å²) in [6.45, 7) is 2.37. The Hall–Kier alpha value is -1.64. The number of thiophene rings is 1. The van der Waals surface area contributed by atoms with E-state index in [-0.39, 0.29) is 10.1 Å². The topological polar surface area (TPSA) is 94.2 Å². The highest BCUT2D eigenvalue weighted by Gasteiger charge is 2.12. The van der Waals surface area contributed by atoms with Crippen molar-refractivity contribution in [3.63, 3.8) is 0 Å². The number of hydrogen-bond donors (Lipinski definition) is 2. The Bertz CT molecular complexity index is 759. The molecular weight excluding hydrogens is 310 g/mol. The number of amides is 1. The SMILES string of the molecule is Cc1ccc(C(=O)NCCc2ccc(S(N)(=O)=O)s2)n1C. The molecule has 0 aromatic carbocycles. The Labute approximate surface area is 127 Å². The highest BCUT2D eigenvalue weighted by Crippen LogP contribution is 2.20. The van der Waals surface area contributed by atoms with Gasteiger partial charge < -0.3 is 9.88 Å². The van der Waals surface area contributed by atoms with E-state index in [4.69, 9.17) is 5.14 Å². The quantitative estimate of drug-likeness (QED) is 0.858. The van der Waals surface area contributed by atoms with E-state index in [1.54, 1.807) is 12.1 Å². The van der Waals surface area contributed by atoms with Gasteiger partial charge in [-0.15, -0.1) is 11.3 Å². The lowest BCUT2D eigenvalue weighted by Gasteiger charge is -2.06. The Morgan fingerprint density at radius 2 is 2.05 bits per heavy atom. The molecule has 3 N–H and O–H groups in total. The van der Waals surface area contributed by atoms with Gasteiger partial charge in [0.1, 0.15) is 9.90 Å². The van der Waals surface area contributed by atoms with E-state index in [0.29, 0.717) is 18.7 Å². The Balaban J connectivity index is 1.91. The maximum atomic E-state index is 12.0. The molecule has 0 aliphatic carbocycles. The molecule has 0 unspecified atom stereocenters. The van der Waals surface area contributed by atoms with E-state index in [1.807, 2.05) is 24.6 Å². The van der Waals surface area contributed by atoms with Crippen molar-refractivity contribution >= 4 is 27.3 Å². The van der Waals surface area contributed by atoms with Crippen LogP contribution in [0, 0.1) is 6.92 Å². The second-order valence-electron chi connectivity index (χ2n) is 4.69. The molecule has 0 bridgehead atoms. The summed E-state index contributed by atoms with van der Waals surface area (Å²) in [5, 5.41) is 7.87. The lowest BCUT2D eigenvalue weighted by molar-refractivity contribution is 0.0946. The van der Waals surface area contributed by atoms with Crippen molar-refractivity contribution in [1.82, 2.24) is 9.88 Å². The third kappa shape index (κ3) is 3.72. The van der Waals surface area contributed by atoms with Gasteiger partial charge >= 0.3 is 0 Å². The van der Waals surface area contributed by atoms with Crippen LogP contribution in [0.2, 0.25) is 0 Å². The number of nitrogens with zero attached hydrogens (tertiary/aromatic N) is 1. The average molecular weight is 327 g/mol. The Morgan fingerprint density at radius 1 is 1.33 bits per heavy atom. The molecule has 0 radical (unpaired) electrons. The van der Waals surface area contributed by atoms with Crippen molar-refractivity contribution in [3.8, 4) is 0 Å². The van der Waals surface area contributed by atoms with Crippen LogP contribution >= 0.6 is 11.3 Å². The summed E-state index contributed by atoms with van der Waals surface area (Å²) in [6.07, 6.45) is 0.565. The second kappa shape index (κ2) is 6.00. The molecule has 0 aliphatic heterocycles. The smallest absolute Gasteiger partial charge is 0.267 e. The molecule has 21 heavy (non-hydrogen) atoms. The van der Waals surface area contributed by atoms with E-state index in [1.165, 1.54) is 6.07 Å². The first-order valence-electron chi connectivity index (χ1n) is 6.31. The molecule has 2 aromatic heterocycles. The Kier molecular flexibility index (Phi) is 4.50. The number of nitrogens with two attached hydrogens (primary N) is 1. The van der Waals surface area contributed by atoms with Crippen molar-refractivity contribution in [2.45, 2.75) is 17.6 Å². The number of primary sulfonamides is 1. The molecule has 6 nitrogen and oxygen atoms in total. The van der Waals surface area contributed by atoms with Crippen LogP contribution in [0.4, 0.5) is 0 Å². The number of sulfonamides is 1. The number of aryl methyl sites for hydroxylation is 1. The molecular formula is C13H17N3O3S2. The predicted octanol–water partition coefficient (Wildman–Crippen LogP) is 1.01. The van der Waals surface area contributed by atoms with Crippen LogP contribution in [0.5, 0.6) is 0 Å². The molecule has 8 heteroatoms. The molecule has 0 saturated heterocycles. The minimum Gasteiger partial charge on any atom is -0.350 e. The number of carbonyl (C=O) groups excluding carboxylic acids is 1. The lowest BCUT2D eigenvalue weighted by Crippen LogP contribution is -2.27. The van der Waals surface area contributed by atoms with Crippen molar-refractivity contribution in [3.05, 3.63) is 40.5 Å². The summed E-state index contributed by atoms with van der Waals surface area (Å²) in [5.41, 5.74) is 1.61. The van der Waals surface area contributed by atoms with E-state index in [9.17, 15) is 13.2 Å². The first-order chi connectivity index (χ1) is 9.79. The van der Waals surface area contributed by atoms with Crippen molar-refractivity contribution < 1.29 is 13.2 Å². The molecule has 114 valence electrons. The standard InChI is InChI=1S/C13H17N3O3S2/c1-9-3-5-11(16(9)2)13(17)15-8-7-10-4-6-12(20-10)21(14,18)19/h3-6H,7-8H2,1-2H3,(H,15,17)(H2,14,18,19). The summed E-state index contributed by atoms with van der Waals surface area (Å²) in [7, 11) is -1.81. The molecule has 2 aromatic rings. The number of aromatic nitrogens is 1. The maximum absolute atomic E-state index is 12.0. The van der Waals surface area contributed by atoms with E-state index >= 15 is 0 Å². The highest BCUT2D eigenvalue weighted by atomic mass is 32.2. The lowest BCUT2D eigenvalue weighted by atomic mass is 10.3. The molecule has 0 saturated carbocycles. The van der Waals surface area contributed by atoms with Crippen LogP contribution < -0.4 is 10.5 Å². The Morgan fingerprint density at radius 3 is 2.57 bits per heavy atom. The normalized spacial score (nSPS) is 11.6. The van der Waals surface area contributed by atoms with Crippen molar-refractivity contribution in [2.24, 2.45) is 12.2 Å². The van der Waals surface area contributed by atoms with Gasteiger partial charge in [-0.2, -0.15) is 0 Å². The second-order valence-corrected chi connectivity index (χ2v) is 7.65. The molecule has 0 spiro atoms. The number of hydrogen-bond acceptors (Lipinski definition) is 4. The van der Waals surface area contributed by atoms with E-state index < -0.39 is 10.0 Å². The van der Waals surface area contributed by atoms with Crippen LogP contribution in [0.3, 0.4) is 0 Å². The van der Waals surface area contributed by atoms with Gasteiger partial charge in [0.15, 0.2) is 0 Å². The van der Waals surface area contributed by atoms with Crippen LogP contribution in [-0.2, 0) is 23.5 Å². The fourth-order valence-electron chi connectivity index (χ4n) is 1.88. The molecule has 0 aliphatic rings. The third-order valence-corrected chi connectivity index (χ3v) is 5.76. The maximum Gasteiger partial charge on any atom is 0.267 e. The summed E-state index contributed by atoms with van der Waals surface area (Å²) in [6, 6.07) is 6.85. The summed E-state index contributed by atoms with van der Waals surface area (Å²) < 4.78 is 24.3. The van der Waals surface area contributed by atoms with Crippen molar-refractivity contribution in [1.29, 1.82) is 0 Å². The zero-order chi connectivity index (χ0) is 15.6. The first kappa shape index (κ1) is 15.7. The first-order valence-corrected chi connectivity index (χ1v) is 8.67. The van der Waals surface area contributed by atoms with Gasteiger partial charge in [0.25, 0.3) is 5.91 Å². The van der Waals surface area contributed by atoms with Gasteiger partial charge in [0.05, 0.1) is 0 Å². The van der Waals surface area contributed by atoms with Gasteiger partial charge in [-0.3, -0.25) is 4.79 Å². The fourth-order valence-corrected chi connectivity index (χ4v) is 3.65. The molecule has 1 amide bonds. The molecule has 2 rings (SSSR count). The zero-order valence-corrected chi connectivity index (χ0v) is 13.4. The van der Waals surface area contributed by atoms with Crippen LogP contribution in [0.15, 0.2) is 28.5 Å². The van der Waals surface area contributed by atoms with Crippen LogP contribution in [0.25, 0.3) is 0 Å². The van der Waals surface area contributed by atoms with Gasteiger partial charge in [0, 0.05) is 24.2 Å². The average Bonchev–Trinajstić information content (AvgIpc) is 2.98. The number of nitrogens with one attached hydrogen (secondary N) is 1.